The number of rotatable bonds is 3. The fourth-order valence-electron chi connectivity index (χ4n) is 1.36. The van der Waals surface area contributed by atoms with E-state index in [9.17, 15) is 8.42 Å². The molecular weight excluding hydrogens is 318 g/mol. The highest BCUT2D eigenvalue weighted by Crippen LogP contribution is 2.18. The first kappa shape index (κ1) is 13.0. The Balaban J connectivity index is 2.33. The molecule has 0 spiro atoms. The molecule has 0 amide bonds. The van der Waals surface area contributed by atoms with Gasteiger partial charge in [0.1, 0.15) is 4.90 Å². The highest BCUT2D eigenvalue weighted by Gasteiger charge is 2.15. The van der Waals surface area contributed by atoms with Gasteiger partial charge in [-0.1, -0.05) is 0 Å². The number of halogens is 1. The predicted molar refractivity (Wildman–Crippen MR) is 71.7 cm³/mol. The van der Waals surface area contributed by atoms with Gasteiger partial charge in [-0.2, -0.15) is 0 Å². The molecule has 2 aromatic rings. The van der Waals surface area contributed by atoms with Crippen LogP contribution in [0.3, 0.4) is 0 Å². The molecular formula is C11H10BrN3O2S. The van der Waals surface area contributed by atoms with Crippen molar-refractivity contribution in [1.29, 1.82) is 0 Å². The van der Waals surface area contributed by atoms with Gasteiger partial charge >= 0.3 is 0 Å². The Morgan fingerprint density at radius 3 is 2.72 bits per heavy atom. The molecule has 0 fully saturated rings. The minimum atomic E-state index is -3.62. The average molecular weight is 328 g/mol. The van der Waals surface area contributed by atoms with Crippen LogP contribution in [0.1, 0.15) is 5.69 Å². The molecule has 0 aromatic carbocycles. The second-order valence-corrected chi connectivity index (χ2v) is 6.23. The third-order valence-corrected chi connectivity index (χ3v) is 3.92. The molecule has 0 saturated heterocycles. The zero-order valence-corrected chi connectivity index (χ0v) is 11.9. The van der Waals surface area contributed by atoms with Gasteiger partial charge < -0.3 is 0 Å². The Hall–Kier alpha value is -1.47. The summed E-state index contributed by atoms with van der Waals surface area (Å²) in [5.41, 5.74) is 1.21. The van der Waals surface area contributed by atoms with E-state index in [0.717, 1.165) is 5.69 Å². The fraction of sp³-hybridized carbons (Fsp3) is 0.0909. The van der Waals surface area contributed by atoms with E-state index in [1.54, 1.807) is 25.3 Å². The van der Waals surface area contributed by atoms with Crippen LogP contribution in [0, 0.1) is 6.92 Å². The highest BCUT2D eigenvalue weighted by molar-refractivity contribution is 9.10. The predicted octanol–water partition coefficient (Wildman–Crippen LogP) is 2.35. The lowest BCUT2D eigenvalue weighted by Crippen LogP contribution is -2.13. The summed E-state index contributed by atoms with van der Waals surface area (Å²) < 4.78 is 27.2. The number of nitrogens with zero attached hydrogens (tertiary/aromatic N) is 2. The van der Waals surface area contributed by atoms with Crippen LogP contribution in [0.4, 0.5) is 5.69 Å². The van der Waals surface area contributed by atoms with Crippen molar-refractivity contribution in [3.63, 3.8) is 0 Å². The standard InChI is InChI=1S/C11H10BrN3O2S/c1-8-4-10(2-3-14-8)15-18(16,17)11-5-9(12)6-13-7-11/h2-7H,1H3,(H,14,15). The molecule has 5 nitrogen and oxygen atoms in total. The monoisotopic (exact) mass is 327 g/mol. The fourth-order valence-corrected chi connectivity index (χ4v) is 2.92. The first-order valence-electron chi connectivity index (χ1n) is 5.03. The van der Waals surface area contributed by atoms with Crippen LogP contribution in [-0.2, 0) is 10.0 Å². The summed E-state index contributed by atoms with van der Waals surface area (Å²) in [4.78, 5) is 7.94. The largest absolute Gasteiger partial charge is 0.279 e. The summed E-state index contributed by atoms with van der Waals surface area (Å²) in [5.74, 6) is 0. The number of hydrogen-bond donors (Lipinski definition) is 1. The van der Waals surface area contributed by atoms with E-state index >= 15 is 0 Å². The van der Waals surface area contributed by atoms with Crippen LogP contribution < -0.4 is 4.72 Å². The average Bonchev–Trinajstić information content (AvgIpc) is 2.28. The minimum Gasteiger partial charge on any atom is -0.279 e. The molecule has 1 N–H and O–H groups in total. The maximum Gasteiger partial charge on any atom is 0.263 e. The summed E-state index contributed by atoms with van der Waals surface area (Å²) in [7, 11) is -3.62. The van der Waals surface area contributed by atoms with Crippen molar-refractivity contribution in [3.8, 4) is 0 Å². The van der Waals surface area contributed by atoms with E-state index in [-0.39, 0.29) is 4.90 Å². The van der Waals surface area contributed by atoms with E-state index in [4.69, 9.17) is 0 Å². The summed E-state index contributed by atoms with van der Waals surface area (Å²) in [5, 5.41) is 0. The van der Waals surface area contributed by atoms with Crippen LogP contribution in [0.2, 0.25) is 0 Å². The molecule has 0 atom stereocenters. The molecule has 0 bridgehead atoms. The number of nitrogens with one attached hydrogen (secondary N) is 1. The Morgan fingerprint density at radius 1 is 1.28 bits per heavy atom. The molecule has 94 valence electrons. The van der Waals surface area contributed by atoms with Gasteiger partial charge in [0.2, 0.25) is 0 Å². The number of sulfonamides is 1. The summed E-state index contributed by atoms with van der Waals surface area (Å²) in [6.45, 7) is 1.79. The van der Waals surface area contributed by atoms with Gasteiger partial charge in [0.05, 0.1) is 5.69 Å². The van der Waals surface area contributed by atoms with Crippen molar-refractivity contribution in [2.24, 2.45) is 0 Å². The van der Waals surface area contributed by atoms with Gasteiger partial charge in [-0.05, 0) is 41.1 Å². The van der Waals surface area contributed by atoms with Crippen molar-refractivity contribution in [1.82, 2.24) is 9.97 Å². The van der Waals surface area contributed by atoms with Crippen molar-refractivity contribution in [3.05, 3.63) is 47.0 Å². The van der Waals surface area contributed by atoms with Gasteiger partial charge in [0.15, 0.2) is 0 Å². The molecule has 0 radical (unpaired) electrons. The van der Waals surface area contributed by atoms with Crippen molar-refractivity contribution < 1.29 is 8.42 Å². The normalized spacial score (nSPS) is 11.2. The van der Waals surface area contributed by atoms with Gasteiger partial charge in [-0.25, -0.2) is 8.42 Å². The summed E-state index contributed by atoms with van der Waals surface area (Å²) in [6.07, 6.45) is 4.36. The number of aryl methyl sites for hydroxylation is 1. The zero-order valence-electron chi connectivity index (χ0n) is 9.46. The SMILES string of the molecule is Cc1cc(NS(=O)(=O)c2cncc(Br)c2)ccn1. The van der Waals surface area contributed by atoms with Gasteiger partial charge in [-0.3, -0.25) is 14.7 Å². The third kappa shape index (κ3) is 3.05. The topological polar surface area (TPSA) is 72.0 Å². The van der Waals surface area contributed by atoms with Crippen molar-refractivity contribution >= 4 is 31.6 Å². The van der Waals surface area contributed by atoms with Crippen LogP contribution in [0.15, 0.2) is 46.2 Å². The van der Waals surface area contributed by atoms with E-state index in [2.05, 4.69) is 30.6 Å². The Kier molecular flexibility index (Phi) is 3.63. The summed E-state index contributed by atoms with van der Waals surface area (Å²) >= 11 is 3.19. The van der Waals surface area contributed by atoms with Crippen LogP contribution in [0.5, 0.6) is 0 Å². The van der Waals surface area contributed by atoms with E-state index < -0.39 is 10.0 Å². The summed E-state index contributed by atoms with van der Waals surface area (Å²) in [6, 6.07) is 4.74. The first-order valence-corrected chi connectivity index (χ1v) is 7.31. The number of anilines is 1. The number of aromatic nitrogens is 2. The molecule has 0 aliphatic carbocycles. The Morgan fingerprint density at radius 2 is 2.06 bits per heavy atom. The Bertz CT molecular complexity index is 673. The lowest BCUT2D eigenvalue weighted by Gasteiger charge is -2.08. The number of hydrogen-bond acceptors (Lipinski definition) is 4. The van der Waals surface area contributed by atoms with Crippen LogP contribution >= 0.6 is 15.9 Å². The second-order valence-electron chi connectivity index (χ2n) is 3.63. The lowest BCUT2D eigenvalue weighted by molar-refractivity contribution is 0.600. The van der Waals surface area contributed by atoms with Gasteiger partial charge in [0, 0.05) is 28.8 Å². The van der Waals surface area contributed by atoms with Crippen molar-refractivity contribution in [2.75, 3.05) is 4.72 Å². The minimum absolute atomic E-state index is 0.103. The second kappa shape index (κ2) is 5.03. The maximum absolute atomic E-state index is 12.1. The third-order valence-electron chi connectivity index (χ3n) is 2.14. The molecule has 18 heavy (non-hydrogen) atoms. The quantitative estimate of drug-likeness (QED) is 0.939. The van der Waals surface area contributed by atoms with E-state index in [1.807, 2.05) is 0 Å². The van der Waals surface area contributed by atoms with Crippen LogP contribution in [0.25, 0.3) is 0 Å². The maximum atomic E-state index is 12.1. The molecule has 2 rings (SSSR count). The number of pyridine rings is 2. The van der Waals surface area contributed by atoms with E-state index in [1.165, 1.54) is 18.5 Å². The molecule has 7 heteroatoms. The molecule has 0 aliphatic rings. The first-order chi connectivity index (χ1) is 8.47. The Labute approximate surface area is 113 Å². The van der Waals surface area contributed by atoms with Gasteiger partial charge in [0.25, 0.3) is 10.0 Å². The lowest BCUT2D eigenvalue weighted by atomic mass is 10.3. The van der Waals surface area contributed by atoms with E-state index in [0.29, 0.717) is 10.2 Å². The zero-order chi connectivity index (χ0) is 13.2. The van der Waals surface area contributed by atoms with Crippen LogP contribution in [-0.4, -0.2) is 18.4 Å². The van der Waals surface area contributed by atoms with Crippen molar-refractivity contribution in [2.45, 2.75) is 11.8 Å². The molecule has 2 aromatic heterocycles. The molecule has 0 saturated carbocycles. The molecule has 2 heterocycles. The smallest absolute Gasteiger partial charge is 0.263 e. The molecule has 0 aliphatic heterocycles. The van der Waals surface area contributed by atoms with Gasteiger partial charge in [-0.15, -0.1) is 0 Å². The highest BCUT2D eigenvalue weighted by atomic mass is 79.9. The molecule has 0 unspecified atom stereocenters.